The molecule has 0 amide bonds. The first-order valence-electron chi connectivity index (χ1n) is 3.97. The standard InChI is InChI=1S/C10H11NO2/c1-8(2)6-9-4-3-5-10(7-9)11(12)13/h3-5,7H,1,6H2,2H3. The topological polar surface area (TPSA) is 43.1 Å². The minimum atomic E-state index is -0.387. The summed E-state index contributed by atoms with van der Waals surface area (Å²) >= 11 is 0. The fourth-order valence-electron chi connectivity index (χ4n) is 1.13. The van der Waals surface area contributed by atoms with Crippen molar-refractivity contribution >= 4 is 5.69 Å². The minimum absolute atomic E-state index is 0.138. The first-order valence-corrected chi connectivity index (χ1v) is 3.97. The third-order valence-corrected chi connectivity index (χ3v) is 1.63. The van der Waals surface area contributed by atoms with E-state index >= 15 is 0 Å². The Morgan fingerprint density at radius 2 is 2.31 bits per heavy atom. The first kappa shape index (κ1) is 9.45. The number of non-ortho nitro benzene ring substituents is 1. The van der Waals surface area contributed by atoms with Crippen molar-refractivity contribution in [3.05, 3.63) is 52.1 Å². The molecule has 1 rings (SSSR count). The number of hydrogen-bond acceptors (Lipinski definition) is 2. The average Bonchev–Trinajstić information content (AvgIpc) is 2.03. The van der Waals surface area contributed by atoms with Gasteiger partial charge < -0.3 is 0 Å². The second kappa shape index (κ2) is 3.85. The Morgan fingerprint density at radius 1 is 1.62 bits per heavy atom. The van der Waals surface area contributed by atoms with Crippen LogP contribution < -0.4 is 0 Å². The highest BCUT2D eigenvalue weighted by molar-refractivity contribution is 5.35. The molecule has 0 aliphatic carbocycles. The van der Waals surface area contributed by atoms with Crippen LogP contribution >= 0.6 is 0 Å². The Balaban J connectivity index is 2.91. The lowest BCUT2D eigenvalue weighted by molar-refractivity contribution is -0.384. The van der Waals surface area contributed by atoms with Crippen LogP contribution in [0, 0.1) is 10.1 Å². The number of benzene rings is 1. The van der Waals surface area contributed by atoms with Gasteiger partial charge in [-0.3, -0.25) is 10.1 Å². The zero-order valence-corrected chi connectivity index (χ0v) is 7.49. The van der Waals surface area contributed by atoms with E-state index in [0.717, 1.165) is 11.1 Å². The van der Waals surface area contributed by atoms with Crippen molar-refractivity contribution in [2.45, 2.75) is 13.3 Å². The quantitative estimate of drug-likeness (QED) is 0.404. The molecule has 13 heavy (non-hydrogen) atoms. The van der Waals surface area contributed by atoms with Gasteiger partial charge in [-0.25, -0.2) is 0 Å². The van der Waals surface area contributed by atoms with Gasteiger partial charge in [0.25, 0.3) is 5.69 Å². The van der Waals surface area contributed by atoms with Crippen molar-refractivity contribution in [2.24, 2.45) is 0 Å². The maximum Gasteiger partial charge on any atom is 0.269 e. The summed E-state index contributed by atoms with van der Waals surface area (Å²) in [5.74, 6) is 0. The molecule has 0 radical (unpaired) electrons. The van der Waals surface area contributed by atoms with Crippen LogP contribution in [0.5, 0.6) is 0 Å². The summed E-state index contributed by atoms with van der Waals surface area (Å²) in [5, 5.41) is 10.4. The normalized spacial score (nSPS) is 9.62. The van der Waals surface area contributed by atoms with E-state index in [-0.39, 0.29) is 10.6 Å². The Bertz CT molecular complexity index is 345. The number of rotatable bonds is 3. The van der Waals surface area contributed by atoms with E-state index in [4.69, 9.17) is 0 Å². The number of nitro groups is 1. The molecular formula is C10H11NO2. The third-order valence-electron chi connectivity index (χ3n) is 1.63. The maximum absolute atomic E-state index is 10.4. The van der Waals surface area contributed by atoms with Crippen molar-refractivity contribution in [3.63, 3.8) is 0 Å². The lowest BCUT2D eigenvalue weighted by Crippen LogP contribution is -1.90. The molecule has 68 valence electrons. The Hall–Kier alpha value is -1.64. The average molecular weight is 177 g/mol. The number of nitrogens with zero attached hydrogens (tertiary/aromatic N) is 1. The number of allylic oxidation sites excluding steroid dienone is 1. The van der Waals surface area contributed by atoms with E-state index in [2.05, 4.69) is 6.58 Å². The van der Waals surface area contributed by atoms with Gasteiger partial charge in [0.15, 0.2) is 0 Å². The van der Waals surface area contributed by atoms with Crippen LogP contribution in [0.1, 0.15) is 12.5 Å². The zero-order valence-electron chi connectivity index (χ0n) is 7.49. The SMILES string of the molecule is C=C(C)Cc1cccc([N+](=O)[O-])c1. The van der Waals surface area contributed by atoms with Crippen LogP contribution in [0.15, 0.2) is 36.4 Å². The molecule has 0 spiro atoms. The van der Waals surface area contributed by atoms with Crippen molar-refractivity contribution < 1.29 is 4.92 Å². The molecule has 0 heterocycles. The van der Waals surface area contributed by atoms with E-state index in [9.17, 15) is 10.1 Å². The lowest BCUT2D eigenvalue weighted by Gasteiger charge is -1.99. The molecule has 1 aromatic carbocycles. The maximum atomic E-state index is 10.4. The molecule has 1 aromatic rings. The van der Waals surface area contributed by atoms with Crippen LogP contribution in [0.4, 0.5) is 5.69 Å². The van der Waals surface area contributed by atoms with Gasteiger partial charge in [-0.05, 0) is 18.9 Å². The van der Waals surface area contributed by atoms with Gasteiger partial charge in [0.2, 0.25) is 0 Å². The highest BCUT2D eigenvalue weighted by Gasteiger charge is 2.04. The summed E-state index contributed by atoms with van der Waals surface area (Å²) in [6.45, 7) is 5.66. The van der Waals surface area contributed by atoms with Gasteiger partial charge in [-0.15, -0.1) is 0 Å². The molecule has 0 atom stereocenters. The van der Waals surface area contributed by atoms with Crippen molar-refractivity contribution in [1.29, 1.82) is 0 Å². The summed E-state index contributed by atoms with van der Waals surface area (Å²) in [5.41, 5.74) is 2.07. The van der Waals surface area contributed by atoms with Crippen LogP contribution in [-0.4, -0.2) is 4.92 Å². The van der Waals surface area contributed by atoms with Crippen molar-refractivity contribution in [2.75, 3.05) is 0 Å². The zero-order chi connectivity index (χ0) is 9.84. The molecule has 0 aromatic heterocycles. The minimum Gasteiger partial charge on any atom is -0.258 e. The molecule has 0 saturated carbocycles. The van der Waals surface area contributed by atoms with E-state index in [1.807, 2.05) is 13.0 Å². The highest BCUT2D eigenvalue weighted by Crippen LogP contribution is 2.15. The van der Waals surface area contributed by atoms with Crippen LogP contribution in [0.3, 0.4) is 0 Å². The van der Waals surface area contributed by atoms with Crippen molar-refractivity contribution in [1.82, 2.24) is 0 Å². The van der Waals surface area contributed by atoms with Crippen LogP contribution in [0.2, 0.25) is 0 Å². The fraction of sp³-hybridized carbons (Fsp3) is 0.200. The molecule has 0 N–H and O–H groups in total. The van der Waals surface area contributed by atoms with Gasteiger partial charge >= 0.3 is 0 Å². The molecule has 0 aliphatic heterocycles. The largest absolute Gasteiger partial charge is 0.269 e. The highest BCUT2D eigenvalue weighted by atomic mass is 16.6. The predicted molar refractivity (Wildman–Crippen MR) is 51.6 cm³/mol. The summed E-state index contributed by atoms with van der Waals surface area (Å²) in [6, 6.07) is 6.62. The Labute approximate surface area is 76.9 Å². The van der Waals surface area contributed by atoms with E-state index in [1.54, 1.807) is 12.1 Å². The molecule has 0 saturated heterocycles. The summed E-state index contributed by atoms with van der Waals surface area (Å²) < 4.78 is 0. The third kappa shape index (κ3) is 2.71. The summed E-state index contributed by atoms with van der Waals surface area (Å²) in [7, 11) is 0. The van der Waals surface area contributed by atoms with Gasteiger partial charge in [0, 0.05) is 12.1 Å². The second-order valence-corrected chi connectivity index (χ2v) is 3.06. The number of hydrogen-bond donors (Lipinski definition) is 0. The number of nitro benzene ring substituents is 1. The molecule has 3 nitrogen and oxygen atoms in total. The first-order chi connectivity index (χ1) is 6.09. The van der Waals surface area contributed by atoms with E-state index in [0.29, 0.717) is 6.42 Å². The fourth-order valence-corrected chi connectivity index (χ4v) is 1.13. The van der Waals surface area contributed by atoms with Crippen LogP contribution in [0.25, 0.3) is 0 Å². The summed E-state index contributed by atoms with van der Waals surface area (Å²) in [6.07, 6.45) is 0.696. The molecular weight excluding hydrogens is 166 g/mol. The predicted octanol–water partition coefficient (Wildman–Crippen LogP) is 2.71. The molecule has 0 unspecified atom stereocenters. The van der Waals surface area contributed by atoms with Gasteiger partial charge in [0.1, 0.15) is 0 Å². The molecule has 0 fully saturated rings. The summed E-state index contributed by atoms with van der Waals surface area (Å²) in [4.78, 5) is 10.0. The second-order valence-electron chi connectivity index (χ2n) is 3.06. The molecule has 0 aliphatic rings. The molecule has 0 bridgehead atoms. The van der Waals surface area contributed by atoms with Crippen molar-refractivity contribution in [3.8, 4) is 0 Å². The molecule has 3 heteroatoms. The lowest BCUT2D eigenvalue weighted by atomic mass is 10.1. The van der Waals surface area contributed by atoms with Gasteiger partial charge in [-0.1, -0.05) is 24.3 Å². The smallest absolute Gasteiger partial charge is 0.258 e. The monoisotopic (exact) mass is 177 g/mol. The van der Waals surface area contributed by atoms with Gasteiger partial charge in [-0.2, -0.15) is 0 Å². The van der Waals surface area contributed by atoms with E-state index in [1.165, 1.54) is 6.07 Å². The Kier molecular flexibility index (Phi) is 2.80. The van der Waals surface area contributed by atoms with Gasteiger partial charge in [0.05, 0.1) is 4.92 Å². The Morgan fingerprint density at radius 3 is 2.85 bits per heavy atom. The van der Waals surface area contributed by atoms with Crippen LogP contribution in [-0.2, 0) is 6.42 Å². The van der Waals surface area contributed by atoms with E-state index < -0.39 is 0 Å².